The molecule has 2 aromatic carbocycles. The predicted octanol–water partition coefficient (Wildman–Crippen LogP) is 3.60. The number of hydrogen-bond acceptors (Lipinski definition) is 3. The summed E-state index contributed by atoms with van der Waals surface area (Å²) in [7, 11) is 0. The third-order valence-corrected chi connectivity index (χ3v) is 3.24. The third kappa shape index (κ3) is 2.25. The minimum atomic E-state index is 0.776. The fraction of sp³-hybridized carbons (Fsp3) is 0.188. The molecule has 0 aliphatic rings. The molecule has 1 heterocycles. The van der Waals surface area contributed by atoms with E-state index in [1.807, 2.05) is 12.1 Å². The quantitative estimate of drug-likeness (QED) is 0.771. The molecule has 0 amide bonds. The topological polar surface area (TPSA) is 38.1 Å². The van der Waals surface area contributed by atoms with Crippen molar-refractivity contribution in [2.45, 2.75) is 13.5 Å². The van der Waals surface area contributed by atoms with Gasteiger partial charge < -0.3 is 9.84 Å². The van der Waals surface area contributed by atoms with Gasteiger partial charge in [-0.3, -0.25) is 0 Å². The van der Waals surface area contributed by atoms with Gasteiger partial charge in [0.2, 0.25) is 0 Å². The zero-order valence-electron chi connectivity index (χ0n) is 10.9. The van der Waals surface area contributed by atoms with Crippen molar-refractivity contribution in [1.29, 1.82) is 0 Å². The average Bonchev–Trinajstić information content (AvgIpc) is 2.92. The second-order valence-electron chi connectivity index (χ2n) is 4.49. The molecule has 0 aliphatic heterocycles. The lowest BCUT2D eigenvalue weighted by Crippen LogP contribution is -2.11. The van der Waals surface area contributed by atoms with E-state index in [1.54, 1.807) is 6.20 Å². The van der Waals surface area contributed by atoms with Gasteiger partial charge in [0.25, 0.3) is 0 Å². The Bertz CT molecular complexity index is 683. The Kier molecular flexibility index (Phi) is 3.29. The van der Waals surface area contributed by atoms with Gasteiger partial charge in [0.1, 0.15) is 0 Å². The second-order valence-corrected chi connectivity index (χ2v) is 4.49. The third-order valence-electron chi connectivity index (χ3n) is 3.24. The van der Waals surface area contributed by atoms with Crippen molar-refractivity contribution in [3.05, 3.63) is 54.2 Å². The Balaban J connectivity index is 2.12. The molecule has 0 bridgehead atoms. The van der Waals surface area contributed by atoms with Gasteiger partial charge in [0.15, 0.2) is 5.76 Å². The monoisotopic (exact) mass is 252 g/mol. The van der Waals surface area contributed by atoms with Gasteiger partial charge in [-0.2, -0.15) is 0 Å². The smallest absolute Gasteiger partial charge is 0.171 e. The van der Waals surface area contributed by atoms with Crippen molar-refractivity contribution in [2.75, 3.05) is 6.54 Å². The Hall–Kier alpha value is -2.13. The lowest BCUT2D eigenvalue weighted by molar-refractivity contribution is 0.431. The molecular weight excluding hydrogens is 236 g/mol. The SMILES string of the molecule is CCNCc1cnoc1-c1cccc2ccccc12. The van der Waals surface area contributed by atoms with E-state index in [0.717, 1.165) is 30.0 Å². The van der Waals surface area contributed by atoms with Gasteiger partial charge in [0, 0.05) is 17.7 Å². The minimum Gasteiger partial charge on any atom is -0.356 e. The van der Waals surface area contributed by atoms with E-state index in [9.17, 15) is 0 Å². The van der Waals surface area contributed by atoms with Crippen LogP contribution in [0.1, 0.15) is 12.5 Å². The molecule has 19 heavy (non-hydrogen) atoms. The molecule has 3 aromatic rings. The summed E-state index contributed by atoms with van der Waals surface area (Å²) in [5, 5.41) is 9.66. The largest absolute Gasteiger partial charge is 0.356 e. The Morgan fingerprint density at radius 1 is 1.11 bits per heavy atom. The Morgan fingerprint density at radius 2 is 1.95 bits per heavy atom. The summed E-state index contributed by atoms with van der Waals surface area (Å²) >= 11 is 0. The molecule has 3 rings (SSSR count). The fourth-order valence-corrected chi connectivity index (χ4v) is 2.29. The standard InChI is InChI=1S/C16H16N2O/c1-2-17-10-13-11-18-19-16(13)15-9-5-7-12-6-3-4-8-14(12)15/h3-9,11,17H,2,10H2,1H3. The highest BCUT2D eigenvalue weighted by Gasteiger charge is 2.12. The molecule has 96 valence electrons. The van der Waals surface area contributed by atoms with Crippen LogP contribution in [0.5, 0.6) is 0 Å². The first kappa shape index (κ1) is 11.9. The first-order chi connectivity index (χ1) is 9.40. The van der Waals surface area contributed by atoms with Crippen molar-refractivity contribution in [1.82, 2.24) is 10.5 Å². The maximum atomic E-state index is 5.47. The van der Waals surface area contributed by atoms with Crippen LogP contribution in [-0.4, -0.2) is 11.7 Å². The average molecular weight is 252 g/mol. The van der Waals surface area contributed by atoms with Crippen molar-refractivity contribution in [3.63, 3.8) is 0 Å². The number of nitrogens with one attached hydrogen (secondary N) is 1. The summed E-state index contributed by atoms with van der Waals surface area (Å²) < 4.78 is 5.47. The molecule has 0 atom stereocenters. The van der Waals surface area contributed by atoms with E-state index < -0.39 is 0 Å². The molecule has 0 aliphatic carbocycles. The van der Waals surface area contributed by atoms with E-state index >= 15 is 0 Å². The number of rotatable bonds is 4. The van der Waals surface area contributed by atoms with E-state index in [0.29, 0.717) is 0 Å². The molecule has 0 saturated carbocycles. The molecular formula is C16H16N2O. The number of aromatic nitrogens is 1. The van der Waals surface area contributed by atoms with Crippen LogP contribution in [0, 0.1) is 0 Å². The molecule has 1 aromatic heterocycles. The van der Waals surface area contributed by atoms with Crippen LogP contribution in [0.25, 0.3) is 22.1 Å². The number of benzene rings is 2. The highest BCUT2D eigenvalue weighted by molar-refractivity contribution is 5.95. The van der Waals surface area contributed by atoms with Crippen LogP contribution < -0.4 is 5.32 Å². The maximum absolute atomic E-state index is 5.47. The van der Waals surface area contributed by atoms with Crippen molar-refractivity contribution >= 4 is 10.8 Å². The summed E-state index contributed by atoms with van der Waals surface area (Å²) in [6, 6.07) is 14.6. The number of nitrogens with zero attached hydrogens (tertiary/aromatic N) is 1. The first-order valence-electron chi connectivity index (χ1n) is 6.52. The van der Waals surface area contributed by atoms with Crippen LogP contribution >= 0.6 is 0 Å². The van der Waals surface area contributed by atoms with Crippen LogP contribution in [-0.2, 0) is 6.54 Å². The molecule has 0 spiro atoms. The molecule has 3 heteroatoms. The normalized spacial score (nSPS) is 11.0. The molecule has 0 unspecified atom stereocenters. The van der Waals surface area contributed by atoms with Crippen LogP contribution in [0.15, 0.2) is 53.2 Å². The predicted molar refractivity (Wildman–Crippen MR) is 76.8 cm³/mol. The van der Waals surface area contributed by atoms with Gasteiger partial charge in [-0.15, -0.1) is 0 Å². The van der Waals surface area contributed by atoms with Gasteiger partial charge in [-0.1, -0.05) is 54.5 Å². The molecule has 0 fully saturated rings. The molecule has 1 N–H and O–H groups in total. The van der Waals surface area contributed by atoms with Crippen LogP contribution in [0.3, 0.4) is 0 Å². The van der Waals surface area contributed by atoms with Crippen LogP contribution in [0.4, 0.5) is 0 Å². The van der Waals surface area contributed by atoms with E-state index in [-0.39, 0.29) is 0 Å². The summed E-state index contributed by atoms with van der Waals surface area (Å²) in [5.74, 6) is 0.859. The number of hydrogen-bond donors (Lipinski definition) is 1. The zero-order chi connectivity index (χ0) is 13.1. The van der Waals surface area contributed by atoms with Crippen molar-refractivity contribution in [2.24, 2.45) is 0 Å². The van der Waals surface area contributed by atoms with Gasteiger partial charge in [-0.25, -0.2) is 0 Å². The fourth-order valence-electron chi connectivity index (χ4n) is 2.29. The van der Waals surface area contributed by atoms with E-state index in [2.05, 4.69) is 47.7 Å². The summed E-state index contributed by atoms with van der Waals surface area (Å²) in [6.07, 6.45) is 1.79. The molecule has 0 saturated heterocycles. The maximum Gasteiger partial charge on any atom is 0.171 e. The zero-order valence-corrected chi connectivity index (χ0v) is 10.9. The van der Waals surface area contributed by atoms with Gasteiger partial charge in [-0.05, 0) is 17.3 Å². The van der Waals surface area contributed by atoms with E-state index in [4.69, 9.17) is 4.52 Å². The van der Waals surface area contributed by atoms with Gasteiger partial charge in [0.05, 0.1) is 6.20 Å². The second kappa shape index (κ2) is 5.24. The summed E-state index contributed by atoms with van der Waals surface area (Å²) in [5.41, 5.74) is 2.20. The Morgan fingerprint density at radius 3 is 2.84 bits per heavy atom. The summed E-state index contributed by atoms with van der Waals surface area (Å²) in [4.78, 5) is 0. The minimum absolute atomic E-state index is 0.776. The Labute approximate surface area is 112 Å². The van der Waals surface area contributed by atoms with Crippen molar-refractivity contribution in [3.8, 4) is 11.3 Å². The first-order valence-corrected chi connectivity index (χ1v) is 6.52. The highest BCUT2D eigenvalue weighted by Crippen LogP contribution is 2.30. The lowest BCUT2D eigenvalue weighted by Gasteiger charge is -2.06. The summed E-state index contributed by atoms with van der Waals surface area (Å²) in [6.45, 7) is 3.80. The highest BCUT2D eigenvalue weighted by atomic mass is 16.5. The molecule has 3 nitrogen and oxygen atoms in total. The molecule has 0 radical (unpaired) electrons. The van der Waals surface area contributed by atoms with Crippen molar-refractivity contribution < 1.29 is 4.52 Å². The van der Waals surface area contributed by atoms with E-state index in [1.165, 1.54) is 10.8 Å². The van der Waals surface area contributed by atoms with Crippen LogP contribution in [0.2, 0.25) is 0 Å². The number of fused-ring (bicyclic) bond motifs is 1. The van der Waals surface area contributed by atoms with Gasteiger partial charge >= 0.3 is 0 Å². The lowest BCUT2D eigenvalue weighted by atomic mass is 10.0.